The summed E-state index contributed by atoms with van der Waals surface area (Å²) >= 11 is 0. The van der Waals surface area contributed by atoms with Gasteiger partial charge >= 0.3 is 0 Å². The Morgan fingerprint density at radius 3 is 2.76 bits per heavy atom. The van der Waals surface area contributed by atoms with Crippen LogP contribution in [-0.2, 0) is 17.8 Å². The first-order chi connectivity index (χ1) is 12.4. The first-order valence-corrected chi connectivity index (χ1v) is 8.98. The molecule has 1 aromatic heterocycles. The van der Waals surface area contributed by atoms with E-state index in [9.17, 15) is 0 Å². The molecule has 0 unspecified atom stereocenters. The van der Waals surface area contributed by atoms with Gasteiger partial charge in [-0.05, 0) is 37.0 Å². The molecule has 1 aliphatic heterocycles. The second-order valence-corrected chi connectivity index (χ2v) is 6.18. The summed E-state index contributed by atoms with van der Waals surface area (Å²) in [5.74, 6) is 0.813. The minimum Gasteiger partial charge on any atom is -0.378 e. The highest BCUT2D eigenvalue weighted by molar-refractivity contribution is 5.79. The van der Waals surface area contributed by atoms with Crippen LogP contribution in [0.2, 0.25) is 0 Å². The summed E-state index contributed by atoms with van der Waals surface area (Å²) in [5.41, 5.74) is 2.19. The maximum atomic E-state index is 5.68. The normalized spacial score (nSPS) is 17.4. The summed E-state index contributed by atoms with van der Waals surface area (Å²) in [5, 5.41) is 6.79. The van der Waals surface area contributed by atoms with E-state index in [0.717, 1.165) is 31.2 Å². The lowest BCUT2D eigenvalue weighted by Gasteiger charge is -2.14. The fourth-order valence-corrected chi connectivity index (χ4v) is 2.83. The van der Waals surface area contributed by atoms with Crippen LogP contribution in [-0.4, -0.2) is 30.2 Å². The minimum absolute atomic E-state index is 0.388. The van der Waals surface area contributed by atoms with Crippen LogP contribution in [0.15, 0.2) is 59.7 Å². The molecule has 1 saturated heterocycles. The summed E-state index contributed by atoms with van der Waals surface area (Å²) in [4.78, 5) is 9.05. The van der Waals surface area contributed by atoms with Gasteiger partial charge in [0.2, 0.25) is 0 Å². The molecule has 5 nitrogen and oxygen atoms in total. The van der Waals surface area contributed by atoms with Crippen molar-refractivity contribution in [3.8, 4) is 0 Å². The van der Waals surface area contributed by atoms with Gasteiger partial charge in [-0.1, -0.05) is 36.4 Å². The smallest absolute Gasteiger partial charge is 0.191 e. The molecule has 1 atom stereocenters. The molecule has 0 spiro atoms. The van der Waals surface area contributed by atoms with Gasteiger partial charge in [-0.3, -0.25) is 4.98 Å². The fourth-order valence-electron chi connectivity index (χ4n) is 2.83. The molecule has 2 N–H and O–H groups in total. The van der Waals surface area contributed by atoms with E-state index in [-0.39, 0.29) is 0 Å². The highest BCUT2D eigenvalue weighted by Crippen LogP contribution is 2.14. The highest BCUT2D eigenvalue weighted by atomic mass is 16.5. The number of rotatable bonds is 7. The Balaban J connectivity index is 1.54. The lowest BCUT2D eigenvalue weighted by molar-refractivity contribution is 0.105. The van der Waals surface area contributed by atoms with Crippen molar-refractivity contribution in [1.29, 1.82) is 0 Å². The van der Waals surface area contributed by atoms with Crippen molar-refractivity contribution < 1.29 is 4.74 Å². The van der Waals surface area contributed by atoms with Gasteiger partial charge < -0.3 is 15.4 Å². The molecule has 25 heavy (non-hydrogen) atoms. The maximum Gasteiger partial charge on any atom is 0.191 e. The standard InChI is InChI=1S/C20H26N4O/c1-2-7-17(8-3-1)15-23-20(22-13-11-19-10-6-14-25-19)24-16-18-9-4-5-12-21-18/h1-5,7-9,12,19H,6,10-11,13-16H2,(H2,22,23,24)/t19-/m1/s1. The van der Waals surface area contributed by atoms with Gasteiger partial charge in [0.25, 0.3) is 0 Å². The molecule has 0 aliphatic carbocycles. The van der Waals surface area contributed by atoms with E-state index in [0.29, 0.717) is 19.2 Å². The second kappa shape index (κ2) is 9.79. The first kappa shape index (κ1) is 17.4. The van der Waals surface area contributed by atoms with E-state index in [1.807, 2.05) is 42.6 Å². The largest absolute Gasteiger partial charge is 0.378 e. The predicted molar refractivity (Wildman–Crippen MR) is 100 cm³/mol. The third-order valence-electron chi connectivity index (χ3n) is 4.21. The number of ether oxygens (including phenoxy) is 1. The van der Waals surface area contributed by atoms with Gasteiger partial charge in [0.05, 0.1) is 24.9 Å². The number of hydrogen-bond acceptors (Lipinski definition) is 3. The third kappa shape index (κ3) is 6.19. The molecule has 1 aliphatic rings. The van der Waals surface area contributed by atoms with E-state index in [2.05, 4.69) is 27.8 Å². The van der Waals surface area contributed by atoms with Crippen LogP contribution in [0.25, 0.3) is 0 Å². The summed E-state index contributed by atoms with van der Waals surface area (Å²) < 4.78 is 5.68. The number of hydrogen-bond donors (Lipinski definition) is 2. The Morgan fingerprint density at radius 2 is 2.00 bits per heavy atom. The molecule has 0 saturated carbocycles. The lowest BCUT2D eigenvalue weighted by atomic mass is 10.2. The van der Waals surface area contributed by atoms with Crippen LogP contribution in [0.4, 0.5) is 0 Å². The second-order valence-electron chi connectivity index (χ2n) is 6.18. The number of aliphatic imine (C=N–C) groups is 1. The number of guanidine groups is 1. The maximum absolute atomic E-state index is 5.68. The van der Waals surface area contributed by atoms with Crippen LogP contribution >= 0.6 is 0 Å². The van der Waals surface area contributed by atoms with E-state index >= 15 is 0 Å². The zero-order valence-electron chi connectivity index (χ0n) is 14.5. The van der Waals surface area contributed by atoms with Gasteiger partial charge in [-0.15, -0.1) is 0 Å². The van der Waals surface area contributed by atoms with Crippen molar-refractivity contribution in [2.45, 2.75) is 38.5 Å². The molecule has 0 bridgehead atoms. The van der Waals surface area contributed by atoms with Crippen LogP contribution in [0.3, 0.4) is 0 Å². The summed E-state index contributed by atoms with van der Waals surface area (Å²) in [6.45, 7) is 3.06. The third-order valence-corrected chi connectivity index (χ3v) is 4.21. The average Bonchev–Trinajstić information content (AvgIpc) is 3.19. The van der Waals surface area contributed by atoms with E-state index in [1.54, 1.807) is 0 Å². The summed E-state index contributed by atoms with van der Waals surface area (Å²) in [7, 11) is 0. The van der Waals surface area contributed by atoms with Crippen molar-refractivity contribution in [3.05, 3.63) is 66.0 Å². The number of aromatic nitrogens is 1. The molecule has 1 aromatic carbocycles. The highest BCUT2D eigenvalue weighted by Gasteiger charge is 2.14. The zero-order chi connectivity index (χ0) is 17.2. The minimum atomic E-state index is 0.388. The number of benzene rings is 1. The summed E-state index contributed by atoms with van der Waals surface area (Å²) in [6, 6.07) is 16.2. The Morgan fingerprint density at radius 1 is 1.12 bits per heavy atom. The Hall–Kier alpha value is -2.40. The molecule has 0 amide bonds. The Bertz CT molecular complexity index is 639. The number of nitrogens with one attached hydrogen (secondary N) is 2. The average molecular weight is 338 g/mol. The fraction of sp³-hybridized carbons (Fsp3) is 0.400. The van der Waals surface area contributed by atoms with Crippen molar-refractivity contribution in [2.24, 2.45) is 4.99 Å². The van der Waals surface area contributed by atoms with E-state index in [4.69, 9.17) is 9.73 Å². The topological polar surface area (TPSA) is 58.5 Å². The van der Waals surface area contributed by atoms with Crippen molar-refractivity contribution in [3.63, 3.8) is 0 Å². The predicted octanol–water partition coefficient (Wildman–Crippen LogP) is 2.89. The van der Waals surface area contributed by atoms with Crippen molar-refractivity contribution in [1.82, 2.24) is 15.6 Å². The Labute approximate surface area is 149 Å². The van der Waals surface area contributed by atoms with Crippen molar-refractivity contribution >= 4 is 5.96 Å². The Kier molecular flexibility index (Phi) is 6.82. The molecule has 2 aromatic rings. The molecule has 0 radical (unpaired) electrons. The van der Waals surface area contributed by atoms with Crippen LogP contribution < -0.4 is 10.6 Å². The van der Waals surface area contributed by atoms with Gasteiger partial charge in [0.1, 0.15) is 0 Å². The van der Waals surface area contributed by atoms with Gasteiger partial charge in [-0.2, -0.15) is 0 Å². The van der Waals surface area contributed by atoms with Crippen molar-refractivity contribution in [2.75, 3.05) is 13.2 Å². The zero-order valence-corrected chi connectivity index (χ0v) is 14.5. The van der Waals surface area contributed by atoms with E-state index in [1.165, 1.54) is 18.4 Å². The molecule has 132 valence electrons. The van der Waals surface area contributed by atoms with Gasteiger partial charge in [0, 0.05) is 19.3 Å². The quantitative estimate of drug-likeness (QED) is 0.602. The molecular weight excluding hydrogens is 312 g/mol. The lowest BCUT2D eigenvalue weighted by Crippen LogP contribution is -2.38. The molecule has 1 fully saturated rings. The van der Waals surface area contributed by atoms with Gasteiger partial charge in [-0.25, -0.2) is 4.99 Å². The van der Waals surface area contributed by atoms with E-state index < -0.39 is 0 Å². The SMILES string of the molecule is c1ccc(CN=C(NCC[C@H]2CCCO2)NCc2ccccn2)cc1. The summed E-state index contributed by atoms with van der Waals surface area (Å²) in [6.07, 6.45) is 5.55. The van der Waals surface area contributed by atoms with Crippen LogP contribution in [0, 0.1) is 0 Å². The molecule has 5 heteroatoms. The molecule has 3 rings (SSSR count). The number of pyridine rings is 1. The molecule has 2 heterocycles. The monoisotopic (exact) mass is 338 g/mol. The first-order valence-electron chi connectivity index (χ1n) is 8.98. The van der Waals surface area contributed by atoms with Gasteiger partial charge in [0.15, 0.2) is 5.96 Å². The van der Waals surface area contributed by atoms with Crippen LogP contribution in [0.1, 0.15) is 30.5 Å². The molecular formula is C20H26N4O. The number of nitrogens with zero attached hydrogens (tertiary/aromatic N) is 2. The van der Waals surface area contributed by atoms with Crippen LogP contribution in [0.5, 0.6) is 0 Å².